The molecule has 1 aliphatic rings. The summed E-state index contributed by atoms with van der Waals surface area (Å²) in [5, 5.41) is 12.2. The lowest BCUT2D eigenvalue weighted by atomic mass is 9.82. The highest BCUT2D eigenvalue weighted by Crippen LogP contribution is 2.29. The van der Waals surface area contributed by atoms with Crippen molar-refractivity contribution in [3.05, 3.63) is 46.5 Å². The number of carbonyl (C=O) groups excluding carboxylic acids is 1. The maximum absolute atomic E-state index is 13.3. The van der Waals surface area contributed by atoms with Gasteiger partial charge in [-0.2, -0.15) is 8.78 Å². The fourth-order valence-electron chi connectivity index (χ4n) is 4.04. The van der Waals surface area contributed by atoms with E-state index in [9.17, 15) is 23.5 Å². The third kappa shape index (κ3) is 7.91. The zero-order valence-electron chi connectivity index (χ0n) is 20.9. The van der Waals surface area contributed by atoms with Crippen LogP contribution in [0.25, 0.3) is 0 Å². The Labute approximate surface area is 219 Å². The van der Waals surface area contributed by atoms with Gasteiger partial charge in [0.25, 0.3) is 5.91 Å². The minimum absolute atomic E-state index is 0.0133. The summed E-state index contributed by atoms with van der Waals surface area (Å²) in [6.07, 6.45) is 2.57. The smallest absolute Gasteiger partial charge is 0.387 e. The lowest BCUT2D eigenvalue weighted by molar-refractivity contribution is -0.143. The van der Waals surface area contributed by atoms with Crippen molar-refractivity contribution in [1.29, 1.82) is 0 Å². The van der Waals surface area contributed by atoms with Crippen molar-refractivity contribution in [2.75, 3.05) is 13.7 Å². The van der Waals surface area contributed by atoms with Crippen molar-refractivity contribution in [3.63, 3.8) is 0 Å². The molecule has 3 rings (SSSR count). The number of halogens is 3. The van der Waals surface area contributed by atoms with Crippen LogP contribution in [0, 0.1) is 23.7 Å². The number of ether oxygens (including phenoxy) is 2. The summed E-state index contributed by atoms with van der Waals surface area (Å²) >= 11 is 6.42. The number of benzene rings is 1. The molecule has 2 N–H and O–H groups in total. The van der Waals surface area contributed by atoms with Crippen LogP contribution in [0.1, 0.15) is 61.3 Å². The van der Waals surface area contributed by atoms with Crippen molar-refractivity contribution in [1.82, 2.24) is 14.9 Å². The van der Waals surface area contributed by atoms with Crippen LogP contribution in [0.15, 0.2) is 24.3 Å². The third-order valence-electron chi connectivity index (χ3n) is 6.36. The molecule has 11 heteroatoms. The van der Waals surface area contributed by atoms with Gasteiger partial charge < -0.3 is 24.5 Å². The number of imidazole rings is 1. The van der Waals surface area contributed by atoms with Gasteiger partial charge in [-0.3, -0.25) is 9.59 Å². The molecule has 37 heavy (non-hydrogen) atoms. The van der Waals surface area contributed by atoms with E-state index in [0.717, 1.165) is 0 Å². The Balaban J connectivity index is 1.83. The zero-order chi connectivity index (χ0) is 27.2. The first-order valence-electron chi connectivity index (χ1n) is 11.9. The number of aromatic nitrogens is 2. The van der Waals surface area contributed by atoms with E-state index in [1.54, 1.807) is 26.0 Å². The van der Waals surface area contributed by atoms with Crippen LogP contribution in [0.4, 0.5) is 8.78 Å². The molecule has 1 amide bonds. The maximum atomic E-state index is 13.3. The van der Waals surface area contributed by atoms with Gasteiger partial charge in [0.05, 0.1) is 12.5 Å². The van der Waals surface area contributed by atoms with E-state index in [1.807, 2.05) is 0 Å². The Kier molecular flexibility index (Phi) is 9.51. The number of amides is 1. The van der Waals surface area contributed by atoms with Gasteiger partial charge in [-0.05, 0) is 80.7 Å². The molecule has 1 fully saturated rings. The number of hydrogen-bond acceptors (Lipinski definition) is 5. The highest BCUT2D eigenvalue weighted by atomic mass is 35.5. The Morgan fingerprint density at radius 3 is 2.46 bits per heavy atom. The van der Waals surface area contributed by atoms with Crippen LogP contribution in [0.5, 0.6) is 5.75 Å². The Morgan fingerprint density at radius 2 is 1.89 bits per heavy atom. The molecule has 0 bridgehead atoms. The van der Waals surface area contributed by atoms with E-state index < -0.39 is 24.1 Å². The van der Waals surface area contributed by atoms with Crippen molar-refractivity contribution in [2.45, 2.75) is 58.3 Å². The Bertz CT molecular complexity index is 1160. The molecular formula is C26H30ClF2N3O5. The van der Waals surface area contributed by atoms with Gasteiger partial charge in [-0.1, -0.05) is 18.1 Å². The van der Waals surface area contributed by atoms with Crippen LogP contribution >= 0.6 is 11.6 Å². The quantitative estimate of drug-likeness (QED) is 0.454. The van der Waals surface area contributed by atoms with Crippen molar-refractivity contribution >= 4 is 23.5 Å². The van der Waals surface area contributed by atoms with Crippen LogP contribution in [-0.4, -0.2) is 52.4 Å². The molecule has 0 radical (unpaired) electrons. The number of nitrogens with one attached hydrogen (secondary N) is 1. The largest absolute Gasteiger partial charge is 0.481 e. The molecule has 1 aromatic carbocycles. The average Bonchev–Trinajstić information content (AvgIpc) is 3.17. The number of aliphatic carboxylic acids is 1. The molecule has 1 heterocycles. The van der Waals surface area contributed by atoms with E-state index in [1.165, 1.54) is 23.8 Å². The molecular weight excluding hydrogens is 508 g/mol. The highest BCUT2D eigenvalue weighted by Gasteiger charge is 2.28. The second-order valence-electron chi connectivity index (χ2n) is 9.42. The second kappa shape index (κ2) is 12.4. The van der Waals surface area contributed by atoms with Gasteiger partial charge in [0.1, 0.15) is 22.7 Å². The number of hydrogen-bond donors (Lipinski definition) is 2. The van der Waals surface area contributed by atoms with E-state index in [2.05, 4.69) is 26.9 Å². The number of methoxy groups -OCH3 is 1. The van der Waals surface area contributed by atoms with Crippen molar-refractivity contribution in [3.8, 4) is 17.6 Å². The lowest BCUT2D eigenvalue weighted by Gasteiger charge is -2.26. The summed E-state index contributed by atoms with van der Waals surface area (Å²) in [6, 6.07) is 5.99. The number of rotatable bonds is 9. The number of carboxylic acids is 1. The lowest BCUT2D eigenvalue weighted by Crippen LogP contribution is -2.34. The number of alkyl halides is 2. The third-order valence-corrected chi connectivity index (χ3v) is 6.65. The number of nitrogens with zero attached hydrogens (tertiary/aromatic N) is 2. The normalized spacial score (nSPS) is 17.7. The summed E-state index contributed by atoms with van der Waals surface area (Å²) in [5.41, 5.74) is 0.239. The Hall–Kier alpha value is -3.16. The molecule has 2 aromatic rings. The first-order chi connectivity index (χ1) is 17.5. The van der Waals surface area contributed by atoms with Gasteiger partial charge in [0, 0.05) is 13.7 Å². The molecule has 200 valence electrons. The highest BCUT2D eigenvalue weighted by molar-refractivity contribution is 6.29. The molecule has 8 nitrogen and oxygen atoms in total. The first-order valence-corrected chi connectivity index (χ1v) is 12.3. The van der Waals surface area contributed by atoms with Gasteiger partial charge in [-0.25, -0.2) is 4.98 Å². The molecule has 1 aromatic heterocycles. The average molecular weight is 538 g/mol. The predicted octanol–water partition coefficient (Wildman–Crippen LogP) is 4.58. The van der Waals surface area contributed by atoms with E-state index in [-0.39, 0.29) is 40.8 Å². The van der Waals surface area contributed by atoms with Crippen molar-refractivity contribution in [2.24, 2.45) is 11.8 Å². The molecule has 0 spiro atoms. The SMILES string of the molecule is COC(C)(C)C#Cc1nc(Cl)n(Cc2ccc(OC(F)F)cc2)c1C(=O)NC[C@H]1CC[C@H](C(=O)O)CC1. The Morgan fingerprint density at radius 1 is 1.24 bits per heavy atom. The summed E-state index contributed by atoms with van der Waals surface area (Å²) in [7, 11) is 1.52. The molecule has 0 unspecified atom stereocenters. The van der Waals surface area contributed by atoms with Crippen LogP contribution in [0.3, 0.4) is 0 Å². The zero-order valence-corrected chi connectivity index (χ0v) is 21.6. The molecule has 1 saturated carbocycles. The van der Waals surface area contributed by atoms with E-state index in [0.29, 0.717) is 37.8 Å². The van der Waals surface area contributed by atoms with Crippen molar-refractivity contribution < 1.29 is 33.0 Å². The molecule has 0 atom stereocenters. The fourth-order valence-corrected chi connectivity index (χ4v) is 4.27. The monoisotopic (exact) mass is 537 g/mol. The standard InChI is InChI=1S/C26H30ClF2N3O5/c1-26(2,36-3)13-12-20-21(22(33)30-14-16-4-8-18(9-5-16)23(34)35)32(24(27)31-20)15-17-6-10-19(11-7-17)37-25(28)29/h6-7,10-11,16,18,25H,4-5,8-9,14-15H2,1-3H3,(H,30,33)(H,34,35)/t16-,18-. The second-order valence-corrected chi connectivity index (χ2v) is 9.76. The number of carboxylic acid groups (broad SMARTS) is 1. The predicted molar refractivity (Wildman–Crippen MR) is 133 cm³/mol. The maximum Gasteiger partial charge on any atom is 0.387 e. The van der Waals surface area contributed by atoms with E-state index >= 15 is 0 Å². The summed E-state index contributed by atoms with van der Waals surface area (Å²) in [4.78, 5) is 28.8. The molecule has 1 aliphatic carbocycles. The van der Waals surface area contributed by atoms with Gasteiger partial charge >= 0.3 is 12.6 Å². The molecule has 0 aliphatic heterocycles. The summed E-state index contributed by atoms with van der Waals surface area (Å²) in [6.45, 7) is 1.14. The summed E-state index contributed by atoms with van der Waals surface area (Å²) in [5.74, 6) is 4.48. The fraction of sp³-hybridized carbons (Fsp3) is 0.500. The van der Waals surface area contributed by atoms with Gasteiger partial charge in [0.2, 0.25) is 5.28 Å². The minimum atomic E-state index is -2.93. The van der Waals surface area contributed by atoms with Gasteiger partial charge in [-0.15, -0.1) is 0 Å². The first kappa shape index (κ1) is 28.4. The number of carbonyl (C=O) groups is 2. The summed E-state index contributed by atoms with van der Waals surface area (Å²) < 4.78 is 36.2. The van der Waals surface area contributed by atoms with Crippen LogP contribution in [-0.2, 0) is 16.1 Å². The minimum Gasteiger partial charge on any atom is -0.481 e. The van der Waals surface area contributed by atoms with Crippen LogP contribution in [0.2, 0.25) is 5.28 Å². The topological polar surface area (TPSA) is 103 Å². The van der Waals surface area contributed by atoms with Gasteiger partial charge in [0.15, 0.2) is 0 Å². The van der Waals surface area contributed by atoms with E-state index in [4.69, 9.17) is 16.3 Å². The van der Waals surface area contributed by atoms with Crippen LogP contribution < -0.4 is 10.1 Å². The molecule has 0 saturated heterocycles.